The number of hydrogen-bond acceptors (Lipinski definition) is 3. The van der Waals surface area contributed by atoms with Gasteiger partial charge in [-0.05, 0) is 32.9 Å². The van der Waals surface area contributed by atoms with Crippen molar-refractivity contribution in [2.75, 3.05) is 10.2 Å². The van der Waals surface area contributed by atoms with Gasteiger partial charge in [-0.1, -0.05) is 12.1 Å². The molecular weight excluding hydrogens is 236 g/mol. The maximum atomic E-state index is 4.36. The lowest BCUT2D eigenvalue weighted by atomic mass is 10.0. The molecule has 0 atom stereocenters. The zero-order valence-electron chi connectivity index (χ0n) is 11.9. The Morgan fingerprint density at radius 1 is 1.21 bits per heavy atom. The summed E-state index contributed by atoms with van der Waals surface area (Å²) >= 11 is 0. The lowest BCUT2D eigenvalue weighted by Gasteiger charge is -2.37. The third-order valence-corrected chi connectivity index (χ3v) is 3.60. The Balaban J connectivity index is 2.18. The standard InChI is InChI=1S/C15H20N4/c1-15(2,3)19-10-11-9-16-18(4)14(11)17-12-7-5-6-8-13(12)19/h5-9,17H,10H2,1-4H3. The fourth-order valence-corrected chi connectivity index (χ4v) is 2.56. The smallest absolute Gasteiger partial charge is 0.133 e. The van der Waals surface area contributed by atoms with Crippen LogP contribution in [0.2, 0.25) is 0 Å². The minimum Gasteiger partial charge on any atom is -0.360 e. The van der Waals surface area contributed by atoms with Crippen molar-refractivity contribution in [3.05, 3.63) is 36.0 Å². The van der Waals surface area contributed by atoms with Crippen LogP contribution in [0, 0.1) is 0 Å². The van der Waals surface area contributed by atoms with E-state index < -0.39 is 0 Å². The number of benzene rings is 1. The van der Waals surface area contributed by atoms with Gasteiger partial charge in [0.15, 0.2) is 0 Å². The zero-order chi connectivity index (χ0) is 13.6. The number of anilines is 3. The Morgan fingerprint density at radius 2 is 1.95 bits per heavy atom. The third kappa shape index (κ3) is 1.97. The van der Waals surface area contributed by atoms with Gasteiger partial charge in [0.25, 0.3) is 0 Å². The van der Waals surface area contributed by atoms with Crippen LogP contribution in [-0.2, 0) is 13.6 Å². The SMILES string of the molecule is Cn1ncc2c1Nc1ccccc1N(C(C)(C)C)C2. The molecule has 19 heavy (non-hydrogen) atoms. The van der Waals surface area contributed by atoms with Crippen molar-refractivity contribution >= 4 is 17.2 Å². The summed E-state index contributed by atoms with van der Waals surface area (Å²) in [6.45, 7) is 7.60. The molecule has 0 unspecified atom stereocenters. The summed E-state index contributed by atoms with van der Waals surface area (Å²) in [5, 5.41) is 7.87. The summed E-state index contributed by atoms with van der Waals surface area (Å²) in [4.78, 5) is 2.42. The maximum absolute atomic E-state index is 4.36. The lowest BCUT2D eigenvalue weighted by Crippen LogP contribution is -2.40. The molecule has 0 radical (unpaired) electrons. The molecule has 0 saturated heterocycles. The van der Waals surface area contributed by atoms with Crippen molar-refractivity contribution < 1.29 is 0 Å². The summed E-state index contributed by atoms with van der Waals surface area (Å²) in [5.74, 6) is 1.08. The van der Waals surface area contributed by atoms with Crippen LogP contribution in [0.15, 0.2) is 30.5 Å². The fourth-order valence-electron chi connectivity index (χ4n) is 2.56. The Kier molecular flexibility index (Phi) is 2.55. The molecule has 4 nitrogen and oxygen atoms in total. The first-order valence-electron chi connectivity index (χ1n) is 6.61. The van der Waals surface area contributed by atoms with Gasteiger partial charge in [-0.25, -0.2) is 0 Å². The molecule has 0 spiro atoms. The van der Waals surface area contributed by atoms with Crippen LogP contribution in [-0.4, -0.2) is 15.3 Å². The Morgan fingerprint density at radius 3 is 2.68 bits per heavy atom. The highest BCUT2D eigenvalue weighted by Gasteiger charge is 2.28. The summed E-state index contributed by atoms with van der Waals surface area (Å²) in [5.41, 5.74) is 3.68. The molecule has 2 heterocycles. The second kappa shape index (κ2) is 4.02. The highest BCUT2D eigenvalue weighted by molar-refractivity contribution is 5.78. The summed E-state index contributed by atoms with van der Waals surface area (Å²) < 4.78 is 1.90. The van der Waals surface area contributed by atoms with Crippen molar-refractivity contribution in [2.24, 2.45) is 7.05 Å². The van der Waals surface area contributed by atoms with Crippen LogP contribution in [0.1, 0.15) is 26.3 Å². The highest BCUT2D eigenvalue weighted by atomic mass is 15.3. The molecule has 0 bridgehead atoms. The van der Waals surface area contributed by atoms with E-state index in [0.29, 0.717) is 0 Å². The van der Waals surface area contributed by atoms with Gasteiger partial charge in [0.2, 0.25) is 0 Å². The van der Waals surface area contributed by atoms with Crippen LogP contribution in [0.3, 0.4) is 0 Å². The minimum atomic E-state index is 0.0647. The van der Waals surface area contributed by atoms with Crippen LogP contribution >= 0.6 is 0 Å². The van der Waals surface area contributed by atoms with Gasteiger partial charge in [-0.3, -0.25) is 4.68 Å². The number of rotatable bonds is 0. The van der Waals surface area contributed by atoms with Gasteiger partial charge in [0, 0.05) is 24.7 Å². The van der Waals surface area contributed by atoms with Crippen molar-refractivity contribution in [3.63, 3.8) is 0 Å². The van der Waals surface area contributed by atoms with E-state index in [1.165, 1.54) is 11.3 Å². The second-order valence-electron chi connectivity index (χ2n) is 6.04. The molecule has 1 aromatic heterocycles. The van der Waals surface area contributed by atoms with Gasteiger partial charge in [-0.2, -0.15) is 5.10 Å². The second-order valence-corrected chi connectivity index (χ2v) is 6.04. The molecule has 1 aromatic carbocycles. The molecule has 0 amide bonds. The van der Waals surface area contributed by atoms with Crippen LogP contribution in [0.5, 0.6) is 0 Å². The van der Waals surface area contributed by atoms with Crippen LogP contribution in [0.4, 0.5) is 17.2 Å². The monoisotopic (exact) mass is 256 g/mol. The van der Waals surface area contributed by atoms with E-state index in [4.69, 9.17) is 0 Å². The van der Waals surface area contributed by atoms with E-state index in [0.717, 1.165) is 18.1 Å². The number of nitrogens with one attached hydrogen (secondary N) is 1. The van der Waals surface area contributed by atoms with Crippen LogP contribution < -0.4 is 10.2 Å². The molecule has 1 aliphatic rings. The molecule has 0 aliphatic carbocycles. The van der Waals surface area contributed by atoms with E-state index in [1.54, 1.807) is 0 Å². The third-order valence-electron chi connectivity index (χ3n) is 3.60. The van der Waals surface area contributed by atoms with E-state index >= 15 is 0 Å². The predicted octanol–water partition coefficient (Wildman–Crippen LogP) is 3.28. The predicted molar refractivity (Wildman–Crippen MR) is 78.9 cm³/mol. The quantitative estimate of drug-likeness (QED) is 0.785. The van der Waals surface area contributed by atoms with Crippen molar-refractivity contribution in [2.45, 2.75) is 32.9 Å². The summed E-state index contributed by atoms with van der Waals surface area (Å²) in [6.07, 6.45) is 1.95. The fraction of sp³-hybridized carbons (Fsp3) is 0.400. The Labute approximate surface area is 114 Å². The number of aromatic nitrogens is 2. The Hall–Kier alpha value is -1.97. The van der Waals surface area contributed by atoms with Crippen molar-refractivity contribution in [1.82, 2.24) is 9.78 Å². The lowest BCUT2D eigenvalue weighted by molar-refractivity contribution is 0.503. The first-order valence-corrected chi connectivity index (χ1v) is 6.61. The number of para-hydroxylation sites is 2. The molecule has 0 fully saturated rings. The summed E-state index contributed by atoms with van der Waals surface area (Å²) in [7, 11) is 1.97. The molecule has 3 rings (SSSR count). The molecule has 100 valence electrons. The Bertz CT molecular complexity index is 607. The van der Waals surface area contributed by atoms with Gasteiger partial charge < -0.3 is 10.2 Å². The van der Waals surface area contributed by atoms with Gasteiger partial charge in [-0.15, -0.1) is 0 Å². The zero-order valence-corrected chi connectivity index (χ0v) is 11.9. The number of nitrogens with zero attached hydrogens (tertiary/aromatic N) is 3. The highest BCUT2D eigenvalue weighted by Crippen LogP contribution is 2.38. The number of hydrogen-bond donors (Lipinski definition) is 1. The number of fused-ring (bicyclic) bond motifs is 2. The molecule has 1 N–H and O–H groups in total. The van der Waals surface area contributed by atoms with E-state index in [9.17, 15) is 0 Å². The first kappa shape index (κ1) is 12.1. The van der Waals surface area contributed by atoms with Gasteiger partial charge in [0.05, 0.1) is 17.6 Å². The van der Waals surface area contributed by atoms with Crippen molar-refractivity contribution in [3.8, 4) is 0 Å². The molecular formula is C15H20N4. The normalized spacial score (nSPS) is 14.4. The molecule has 1 aliphatic heterocycles. The van der Waals surface area contributed by atoms with Crippen molar-refractivity contribution in [1.29, 1.82) is 0 Å². The largest absolute Gasteiger partial charge is 0.360 e. The summed E-state index contributed by atoms with van der Waals surface area (Å²) in [6, 6.07) is 8.45. The average Bonchev–Trinajstić information content (AvgIpc) is 2.60. The molecule has 2 aromatic rings. The average molecular weight is 256 g/mol. The van der Waals surface area contributed by atoms with E-state index in [1.807, 2.05) is 17.9 Å². The maximum Gasteiger partial charge on any atom is 0.133 e. The number of aryl methyl sites for hydroxylation is 1. The van der Waals surface area contributed by atoms with Gasteiger partial charge in [0.1, 0.15) is 5.82 Å². The first-order chi connectivity index (χ1) is 8.97. The van der Waals surface area contributed by atoms with Crippen LogP contribution in [0.25, 0.3) is 0 Å². The minimum absolute atomic E-state index is 0.0647. The topological polar surface area (TPSA) is 33.1 Å². The molecule has 0 saturated carbocycles. The van der Waals surface area contributed by atoms with E-state index in [2.05, 4.69) is 60.4 Å². The van der Waals surface area contributed by atoms with Gasteiger partial charge >= 0.3 is 0 Å². The molecule has 4 heteroatoms. The van der Waals surface area contributed by atoms with E-state index in [-0.39, 0.29) is 5.54 Å².